The van der Waals surface area contributed by atoms with Crippen molar-refractivity contribution in [1.82, 2.24) is 0 Å². The third kappa shape index (κ3) is 9.10. The molecule has 0 heterocycles. The molecular weight excluding hydrogens is 737 g/mol. The molecule has 6 aliphatic rings. The minimum absolute atomic E-state index is 0.279. The highest BCUT2D eigenvalue weighted by atomic mass is 14.9. The summed E-state index contributed by atoms with van der Waals surface area (Å²) in [7, 11) is 0. The maximum Gasteiger partial charge on any atom is 0.0726 e. The molecule has 302 valence electrons. The summed E-state index contributed by atoms with van der Waals surface area (Å²) >= 11 is 0. The number of rotatable bonds is 4. The van der Waals surface area contributed by atoms with Crippen LogP contribution in [0.3, 0.4) is 0 Å². The Morgan fingerprint density at radius 2 is 0.852 bits per heavy atom. The van der Waals surface area contributed by atoms with Crippen LogP contribution >= 0.6 is 0 Å². The van der Waals surface area contributed by atoms with Crippen molar-refractivity contribution < 1.29 is 0 Å². The molecule has 13 rings (SSSR count). The van der Waals surface area contributed by atoms with Crippen LogP contribution < -0.4 is 11.1 Å². The quantitative estimate of drug-likeness (QED) is 0.174. The molecular formula is C59H56N2. The summed E-state index contributed by atoms with van der Waals surface area (Å²) in [4.78, 5) is 0. The first kappa shape index (κ1) is 39.8. The molecule has 6 aliphatic carbocycles. The van der Waals surface area contributed by atoms with Crippen molar-refractivity contribution in [1.29, 1.82) is 0 Å². The van der Waals surface area contributed by atoms with Crippen LogP contribution in [0.2, 0.25) is 0 Å². The lowest BCUT2D eigenvalue weighted by atomic mass is 9.70. The molecule has 1 atom stereocenters. The van der Waals surface area contributed by atoms with E-state index in [0.717, 1.165) is 23.5 Å². The van der Waals surface area contributed by atoms with Crippen molar-refractivity contribution in [2.24, 2.45) is 0 Å². The van der Waals surface area contributed by atoms with E-state index in [0.29, 0.717) is 0 Å². The molecule has 3 saturated carbocycles. The smallest absolute Gasteiger partial charge is 0.0726 e. The lowest BCUT2D eigenvalue weighted by molar-refractivity contribution is 0.795. The van der Waals surface area contributed by atoms with E-state index in [9.17, 15) is 0 Å². The average Bonchev–Trinajstić information content (AvgIpc) is 4.13. The van der Waals surface area contributed by atoms with Gasteiger partial charge in [-0.1, -0.05) is 228 Å². The predicted octanol–water partition coefficient (Wildman–Crippen LogP) is 16.1. The largest absolute Gasteiger partial charge is 0.398 e. The van der Waals surface area contributed by atoms with Gasteiger partial charge in [-0.05, 0) is 98.0 Å². The topological polar surface area (TPSA) is 38.0 Å². The molecule has 1 unspecified atom stereocenters. The second-order valence-electron chi connectivity index (χ2n) is 16.7. The van der Waals surface area contributed by atoms with Gasteiger partial charge in [-0.3, -0.25) is 0 Å². The predicted molar refractivity (Wildman–Crippen MR) is 261 cm³/mol. The van der Waals surface area contributed by atoms with E-state index < -0.39 is 0 Å². The minimum Gasteiger partial charge on any atom is -0.398 e. The second-order valence-corrected chi connectivity index (χ2v) is 16.7. The molecule has 2 nitrogen and oxygen atoms in total. The first-order valence-electron chi connectivity index (χ1n) is 22.5. The van der Waals surface area contributed by atoms with E-state index in [-0.39, 0.29) is 5.41 Å². The SMILES string of the molecule is C1CC1.C1CC1.C1CC1.Nc1cccc2c1-c1ccccc1C21C2=CC=CCC=C2c2ccccc21.c1ccc(-c2ccc(Nc3ccc(-c4ccccc4)cc3)cc2)cc1. The number of allylic oxidation sites excluding steroid dienone is 6. The number of hydrogen-bond acceptors (Lipinski definition) is 2. The Labute approximate surface area is 363 Å². The molecule has 7 aromatic carbocycles. The van der Waals surface area contributed by atoms with Crippen LogP contribution in [0, 0.1) is 0 Å². The summed E-state index contributed by atoms with van der Waals surface area (Å²) in [6, 6.07) is 62.0. The lowest BCUT2D eigenvalue weighted by Gasteiger charge is -2.30. The standard InChI is InChI=1S/C26H19N.C24H19N.3C3H6/c27-24-16-8-15-23-25(24)19-11-5-7-14-22(19)26(23)20-12-3-1-2-9-17(20)18-10-4-6-13-21(18)26;1-3-7-19(8-4-1)21-11-15-23(16-12-21)25-24-17-13-22(14-18-24)20-9-5-2-6-10-20;3*1-2-3-1/h1,3-16H,2,27H2;1-18,25H;3*1-3H2. The van der Waals surface area contributed by atoms with Crippen LogP contribution in [-0.4, -0.2) is 0 Å². The maximum atomic E-state index is 6.51. The van der Waals surface area contributed by atoms with Crippen molar-refractivity contribution in [2.45, 2.75) is 69.6 Å². The summed E-state index contributed by atoms with van der Waals surface area (Å²) in [5.41, 5.74) is 24.7. The van der Waals surface area contributed by atoms with E-state index in [2.05, 4.69) is 187 Å². The molecule has 0 aliphatic heterocycles. The minimum atomic E-state index is -0.279. The van der Waals surface area contributed by atoms with E-state index in [1.54, 1.807) is 0 Å². The number of nitrogens with two attached hydrogens (primary N) is 1. The summed E-state index contributed by atoms with van der Waals surface area (Å²) < 4.78 is 0. The fourth-order valence-electron chi connectivity index (χ4n) is 8.26. The lowest BCUT2D eigenvalue weighted by Crippen LogP contribution is -2.26. The Morgan fingerprint density at radius 3 is 1.38 bits per heavy atom. The van der Waals surface area contributed by atoms with Crippen molar-refractivity contribution in [2.75, 3.05) is 11.1 Å². The van der Waals surface area contributed by atoms with Crippen LogP contribution in [0.25, 0.3) is 39.0 Å². The van der Waals surface area contributed by atoms with E-state index in [1.807, 2.05) is 18.2 Å². The van der Waals surface area contributed by atoms with Gasteiger partial charge in [-0.2, -0.15) is 0 Å². The van der Waals surface area contributed by atoms with Crippen LogP contribution in [-0.2, 0) is 5.41 Å². The zero-order valence-corrected chi connectivity index (χ0v) is 35.2. The first-order chi connectivity index (χ1) is 30.2. The van der Waals surface area contributed by atoms with Crippen molar-refractivity contribution in [3.63, 3.8) is 0 Å². The molecule has 0 radical (unpaired) electrons. The van der Waals surface area contributed by atoms with Gasteiger partial charge in [0.2, 0.25) is 0 Å². The van der Waals surface area contributed by atoms with Gasteiger partial charge in [-0.15, -0.1) is 0 Å². The molecule has 3 N–H and O–H groups in total. The fraction of sp³-hybridized carbons (Fsp3) is 0.186. The molecule has 2 heteroatoms. The van der Waals surface area contributed by atoms with Gasteiger partial charge in [0.15, 0.2) is 0 Å². The molecule has 0 amide bonds. The molecule has 61 heavy (non-hydrogen) atoms. The molecule has 0 saturated heterocycles. The zero-order chi connectivity index (χ0) is 41.3. The average molecular weight is 793 g/mol. The van der Waals surface area contributed by atoms with Crippen LogP contribution in [0.1, 0.15) is 86.5 Å². The number of anilines is 3. The molecule has 3 fully saturated rings. The van der Waals surface area contributed by atoms with Gasteiger partial charge in [0.05, 0.1) is 5.41 Å². The molecule has 0 bridgehead atoms. The van der Waals surface area contributed by atoms with Gasteiger partial charge >= 0.3 is 0 Å². The summed E-state index contributed by atoms with van der Waals surface area (Å²) in [6.45, 7) is 0. The number of hydrogen-bond donors (Lipinski definition) is 2. The van der Waals surface area contributed by atoms with Crippen molar-refractivity contribution in [3.8, 4) is 33.4 Å². The number of nitrogens with one attached hydrogen (secondary N) is 1. The highest BCUT2D eigenvalue weighted by molar-refractivity contribution is 6.02. The van der Waals surface area contributed by atoms with Crippen LogP contribution in [0.15, 0.2) is 206 Å². The highest BCUT2D eigenvalue weighted by Gasteiger charge is 2.53. The van der Waals surface area contributed by atoms with Gasteiger partial charge in [0.1, 0.15) is 0 Å². The van der Waals surface area contributed by atoms with Gasteiger partial charge < -0.3 is 11.1 Å². The van der Waals surface area contributed by atoms with Gasteiger partial charge in [-0.25, -0.2) is 0 Å². The summed E-state index contributed by atoms with van der Waals surface area (Å²) in [5, 5.41) is 3.46. The maximum absolute atomic E-state index is 6.51. The number of nitrogen functional groups attached to an aromatic ring is 1. The van der Waals surface area contributed by atoms with Crippen molar-refractivity contribution in [3.05, 3.63) is 228 Å². The fourth-order valence-corrected chi connectivity index (χ4v) is 8.26. The van der Waals surface area contributed by atoms with E-state index in [4.69, 9.17) is 5.73 Å². The Morgan fingerprint density at radius 1 is 0.410 bits per heavy atom. The number of fused-ring (bicyclic) bond motifs is 10. The zero-order valence-electron chi connectivity index (χ0n) is 35.2. The van der Waals surface area contributed by atoms with Gasteiger partial charge in [0, 0.05) is 22.6 Å². The third-order valence-corrected chi connectivity index (χ3v) is 11.6. The first-order valence-corrected chi connectivity index (χ1v) is 22.5. The summed E-state index contributed by atoms with van der Waals surface area (Å²) in [6.07, 6.45) is 23.6. The van der Waals surface area contributed by atoms with E-state index >= 15 is 0 Å². The normalized spacial score (nSPS) is 17.1. The molecule has 7 aromatic rings. The van der Waals surface area contributed by atoms with E-state index in [1.165, 1.54) is 125 Å². The van der Waals surface area contributed by atoms with Crippen LogP contribution in [0.4, 0.5) is 17.1 Å². The Balaban J connectivity index is 0.000000129. The Hall–Kier alpha value is -6.64. The third-order valence-electron chi connectivity index (χ3n) is 11.6. The van der Waals surface area contributed by atoms with Gasteiger partial charge in [0.25, 0.3) is 0 Å². The van der Waals surface area contributed by atoms with Crippen molar-refractivity contribution >= 4 is 22.6 Å². The Bertz CT molecular complexity index is 2540. The van der Waals surface area contributed by atoms with Crippen LogP contribution in [0.5, 0.6) is 0 Å². The highest BCUT2D eigenvalue weighted by Crippen LogP contribution is 2.64. The monoisotopic (exact) mass is 792 g/mol. The second kappa shape index (κ2) is 18.7. The number of benzene rings is 7. The molecule has 1 spiro atoms. The molecule has 0 aromatic heterocycles. The summed E-state index contributed by atoms with van der Waals surface area (Å²) in [5.74, 6) is 0. The Kier molecular flexibility index (Phi) is 12.2.